The van der Waals surface area contributed by atoms with Crippen LogP contribution in [0, 0.1) is 0 Å². The van der Waals surface area contributed by atoms with Crippen LogP contribution in [0.25, 0.3) is 0 Å². The molecular weight excluding hydrogens is 242 g/mol. The fraction of sp³-hybridized carbons (Fsp3) is 0.533. The summed E-state index contributed by atoms with van der Waals surface area (Å²) in [7, 11) is 0. The first kappa shape index (κ1) is 13.7. The summed E-state index contributed by atoms with van der Waals surface area (Å²) in [5, 5.41) is 12.0. The monoisotopic (exact) mass is 263 g/mol. The summed E-state index contributed by atoms with van der Waals surface area (Å²) in [5.74, 6) is 0.207. The zero-order valence-corrected chi connectivity index (χ0v) is 11.3. The molecule has 0 radical (unpaired) electrons. The lowest BCUT2D eigenvalue weighted by Gasteiger charge is -2.27. The molecule has 4 heteroatoms. The van der Waals surface area contributed by atoms with E-state index in [2.05, 4.69) is 24.4 Å². The largest absolute Gasteiger partial charge is 0.486 e. The Morgan fingerprint density at radius 3 is 3.05 bits per heavy atom. The van der Waals surface area contributed by atoms with Gasteiger partial charge in [-0.3, -0.25) is 4.79 Å². The van der Waals surface area contributed by atoms with E-state index in [1.807, 2.05) is 6.07 Å². The van der Waals surface area contributed by atoms with Crippen molar-refractivity contribution in [2.45, 2.75) is 45.1 Å². The van der Waals surface area contributed by atoms with Crippen molar-refractivity contribution in [3.05, 3.63) is 23.8 Å². The third-order valence-corrected chi connectivity index (χ3v) is 3.42. The van der Waals surface area contributed by atoms with Crippen molar-refractivity contribution in [3.8, 4) is 5.75 Å². The molecule has 1 unspecified atom stereocenters. The average molecular weight is 263 g/mol. The summed E-state index contributed by atoms with van der Waals surface area (Å²) in [5.41, 5.74) is 2.29. The second-order valence-electron chi connectivity index (χ2n) is 4.96. The van der Waals surface area contributed by atoms with Gasteiger partial charge in [0.15, 0.2) is 0 Å². The van der Waals surface area contributed by atoms with Gasteiger partial charge in [-0.1, -0.05) is 13.0 Å². The Balaban J connectivity index is 1.89. The van der Waals surface area contributed by atoms with E-state index in [9.17, 15) is 4.79 Å². The van der Waals surface area contributed by atoms with Gasteiger partial charge in [0.25, 0.3) is 0 Å². The van der Waals surface area contributed by atoms with Crippen molar-refractivity contribution in [3.63, 3.8) is 0 Å². The van der Waals surface area contributed by atoms with Gasteiger partial charge in [0.2, 0.25) is 0 Å². The molecule has 1 aromatic carbocycles. The predicted octanol–water partition coefficient (Wildman–Crippen LogP) is 3.07. The molecule has 2 N–H and O–H groups in total. The lowest BCUT2D eigenvalue weighted by Crippen LogP contribution is -2.29. The van der Waals surface area contributed by atoms with Gasteiger partial charge in [0.1, 0.15) is 11.9 Å². The standard InChI is InChI=1S/C15H21NO3/c1-2-12-10-16-13-9-11(7-8-14(13)19-12)5-3-4-6-15(17)18/h7-9,12,16H,2-6,10H2,1H3,(H,17,18). The van der Waals surface area contributed by atoms with Crippen LogP contribution in [-0.4, -0.2) is 23.7 Å². The third-order valence-electron chi connectivity index (χ3n) is 3.42. The zero-order chi connectivity index (χ0) is 13.7. The predicted molar refractivity (Wildman–Crippen MR) is 74.8 cm³/mol. The van der Waals surface area contributed by atoms with E-state index < -0.39 is 5.97 Å². The van der Waals surface area contributed by atoms with Gasteiger partial charge in [-0.25, -0.2) is 0 Å². The van der Waals surface area contributed by atoms with Crippen molar-refractivity contribution < 1.29 is 14.6 Å². The topological polar surface area (TPSA) is 58.6 Å². The molecule has 4 nitrogen and oxygen atoms in total. The molecular formula is C15H21NO3. The quantitative estimate of drug-likeness (QED) is 0.774. The highest BCUT2D eigenvalue weighted by Crippen LogP contribution is 2.31. The van der Waals surface area contributed by atoms with Crippen molar-refractivity contribution >= 4 is 11.7 Å². The van der Waals surface area contributed by atoms with Gasteiger partial charge in [0, 0.05) is 6.42 Å². The Bertz CT molecular complexity index is 445. The number of aliphatic carboxylic acids is 1. The number of fused-ring (bicyclic) bond motifs is 1. The molecule has 104 valence electrons. The van der Waals surface area contributed by atoms with Crippen molar-refractivity contribution in [2.75, 3.05) is 11.9 Å². The molecule has 0 amide bonds. The SMILES string of the molecule is CCC1CNc2cc(CCCCC(=O)O)ccc2O1. The number of ether oxygens (including phenoxy) is 1. The molecule has 0 saturated heterocycles. The normalized spacial score (nSPS) is 17.2. The van der Waals surface area contributed by atoms with Crippen LogP contribution in [-0.2, 0) is 11.2 Å². The molecule has 1 aliphatic rings. The van der Waals surface area contributed by atoms with E-state index in [-0.39, 0.29) is 12.5 Å². The van der Waals surface area contributed by atoms with Crippen molar-refractivity contribution in [2.24, 2.45) is 0 Å². The fourth-order valence-electron chi connectivity index (χ4n) is 2.25. The highest BCUT2D eigenvalue weighted by atomic mass is 16.5. The van der Waals surface area contributed by atoms with Crippen LogP contribution in [0.1, 0.15) is 38.2 Å². The molecule has 1 aromatic rings. The van der Waals surface area contributed by atoms with Crippen LogP contribution in [0.2, 0.25) is 0 Å². The van der Waals surface area contributed by atoms with Gasteiger partial charge < -0.3 is 15.2 Å². The van der Waals surface area contributed by atoms with Crippen molar-refractivity contribution in [1.82, 2.24) is 0 Å². The average Bonchev–Trinajstić information content (AvgIpc) is 2.42. The van der Waals surface area contributed by atoms with E-state index in [0.717, 1.165) is 43.7 Å². The fourth-order valence-corrected chi connectivity index (χ4v) is 2.25. The number of hydrogen-bond acceptors (Lipinski definition) is 3. The Morgan fingerprint density at radius 2 is 2.32 bits per heavy atom. The Kier molecular flexibility index (Phi) is 4.66. The first-order valence-corrected chi connectivity index (χ1v) is 6.94. The van der Waals surface area contributed by atoms with E-state index in [0.29, 0.717) is 0 Å². The van der Waals surface area contributed by atoms with Gasteiger partial charge >= 0.3 is 5.97 Å². The lowest BCUT2D eigenvalue weighted by molar-refractivity contribution is -0.137. The number of carbonyl (C=O) groups is 1. The minimum Gasteiger partial charge on any atom is -0.486 e. The number of nitrogens with one attached hydrogen (secondary N) is 1. The second kappa shape index (κ2) is 6.45. The third kappa shape index (κ3) is 3.88. The Labute approximate surface area is 113 Å². The maximum atomic E-state index is 10.4. The number of unbranched alkanes of at least 4 members (excludes halogenated alkanes) is 1. The molecule has 1 atom stereocenters. The maximum absolute atomic E-state index is 10.4. The van der Waals surface area contributed by atoms with Crippen LogP contribution in [0.3, 0.4) is 0 Å². The van der Waals surface area contributed by atoms with Crippen LogP contribution >= 0.6 is 0 Å². The maximum Gasteiger partial charge on any atom is 0.303 e. The second-order valence-corrected chi connectivity index (χ2v) is 4.96. The number of aryl methyl sites for hydroxylation is 1. The minimum atomic E-state index is -0.717. The summed E-state index contributed by atoms with van der Waals surface area (Å²) < 4.78 is 5.85. The zero-order valence-electron chi connectivity index (χ0n) is 11.3. The number of hydrogen-bond donors (Lipinski definition) is 2. The molecule has 0 saturated carbocycles. The highest BCUT2D eigenvalue weighted by Gasteiger charge is 2.17. The summed E-state index contributed by atoms with van der Waals surface area (Å²) in [6, 6.07) is 6.19. The highest BCUT2D eigenvalue weighted by molar-refractivity contribution is 5.66. The van der Waals surface area contributed by atoms with Gasteiger partial charge in [-0.05, 0) is 43.4 Å². The minimum absolute atomic E-state index is 0.254. The molecule has 0 fully saturated rings. The summed E-state index contributed by atoms with van der Waals surface area (Å²) >= 11 is 0. The number of benzene rings is 1. The summed E-state index contributed by atoms with van der Waals surface area (Å²) in [6.45, 7) is 2.97. The molecule has 0 aromatic heterocycles. The van der Waals surface area contributed by atoms with E-state index >= 15 is 0 Å². The van der Waals surface area contributed by atoms with Crippen molar-refractivity contribution in [1.29, 1.82) is 0 Å². The smallest absolute Gasteiger partial charge is 0.303 e. The summed E-state index contributed by atoms with van der Waals surface area (Å²) in [4.78, 5) is 10.4. The first-order valence-electron chi connectivity index (χ1n) is 6.94. The van der Waals surface area contributed by atoms with Gasteiger partial charge in [-0.15, -0.1) is 0 Å². The van der Waals surface area contributed by atoms with E-state index in [1.165, 1.54) is 5.56 Å². The molecule has 1 aliphatic heterocycles. The molecule has 1 heterocycles. The van der Waals surface area contributed by atoms with Crippen LogP contribution < -0.4 is 10.1 Å². The Hall–Kier alpha value is -1.71. The number of anilines is 1. The molecule has 0 bridgehead atoms. The van der Waals surface area contributed by atoms with Crippen LogP contribution in [0.4, 0.5) is 5.69 Å². The van der Waals surface area contributed by atoms with Crippen LogP contribution in [0.15, 0.2) is 18.2 Å². The molecule has 0 spiro atoms. The first-order chi connectivity index (χ1) is 9.19. The molecule has 0 aliphatic carbocycles. The van der Waals surface area contributed by atoms with E-state index in [1.54, 1.807) is 0 Å². The number of carboxylic acid groups (broad SMARTS) is 1. The number of carboxylic acids is 1. The Morgan fingerprint density at radius 1 is 1.47 bits per heavy atom. The lowest BCUT2D eigenvalue weighted by atomic mass is 10.0. The van der Waals surface area contributed by atoms with Gasteiger partial charge in [-0.2, -0.15) is 0 Å². The number of rotatable bonds is 6. The van der Waals surface area contributed by atoms with Crippen LogP contribution in [0.5, 0.6) is 5.75 Å². The summed E-state index contributed by atoms with van der Waals surface area (Å²) in [6.07, 6.45) is 4.07. The molecule has 19 heavy (non-hydrogen) atoms. The molecule has 2 rings (SSSR count). The van der Waals surface area contributed by atoms with E-state index in [4.69, 9.17) is 9.84 Å². The van der Waals surface area contributed by atoms with Gasteiger partial charge in [0.05, 0.1) is 12.2 Å².